The molecule has 1 fully saturated rings. The first-order chi connectivity index (χ1) is 10.5. The fraction of sp³-hybridized carbons (Fsp3) is 0.400. The summed E-state index contributed by atoms with van der Waals surface area (Å²) in [6.07, 6.45) is 0.668. The SMILES string of the molecule is CC1C(=O)NCCCN1C(=O)NCc1cc(C#N)ccc1F. The van der Waals surface area contributed by atoms with E-state index in [4.69, 9.17) is 5.26 Å². The van der Waals surface area contributed by atoms with E-state index in [1.807, 2.05) is 6.07 Å². The number of nitriles is 1. The number of halogens is 1. The van der Waals surface area contributed by atoms with Gasteiger partial charge in [-0.3, -0.25) is 4.79 Å². The molecule has 2 N–H and O–H groups in total. The molecule has 0 saturated carbocycles. The highest BCUT2D eigenvalue weighted by molar-refractivity contribution is 5.87. The summed E-state index contributed by atoms with van der Waals surface area (Å²) in [5.41, 5.74) is 0.562. The maximum atomic E-state index is 13.7. The Morgan fingerprint density at radius 1 is 1.59 bits per heavy atom. The van der Waals surface area contributed by atoms with Crippen molar-refractivity contribution in [1.82, 2.24) is 15.5 Å². The fourth-order valence-corrected chi connectivity index (χ4v) is 2.27. The second-order valence-electron chi connectivity index (χ2n) is 5.09. The second-order valence-corrected chi connectivity index (χ2v) is 5.09. The van der Waals surface area contributed by atoms with E-state index in [0.29, 0.717) is 25.1 Å². The number of benzene rings is 1. The van der Waals surface area contributed by atoms with Gasteiger partial charge in [-0.1, -0.05) is 0 Å². The second kappa shape index (κ2) is 6.89. The van der Waals surface area contributed by atoms with Crippen LogP contribution in [0.15, 0.2) is 18.2 Å². The lowest BCUT2D eigenvalue weighted by Crippen LogP contribution is -2.49. The normalized spacial score (nSPS) is 18.1. The number of amides is 3. The average molecular weight is 304 g/mol. The molecule has 2 rings (SSSR count). The molecule has 0 aromatic heterocycles. The van der Waals surface area contributed by atoms with Gasteiger partial charge in [0.15, 0.2) is 0 Å². The van der Waals surface area contributed by atoms with Gasteiger partial charge in [0.1, 0.15) is 11.9 Å². The van der Waals surface area contributed by atoms with Crippen molar-refractivity contribution in [2.75, 3.05) is 13.1 Å². The van der Waals surface area contributed by atoms with Crippen LogP contribution in [-0.2, 0) is 11.3 Å². The number of carbonyl (C=O) groups is 2. The average Bonchev–Trinajstić information content (AvgIpc) is 2.68. The first-order valence-corrected chi connectivity index (χ1v) is 7.03. The number of urea groups is 1. The van der Waals surface area contributed by atoms with Crippen LogP contribution >= 0.6 is 0 Å². The Balaban J connectivity index is 2.03. The smallest absolute Gasteiger partial charge is 0.318 e. The molecule has 1 saturated heterocycles. The summed E-state index contributed by atoms with van der Waals surface area (Å²) in [7, 11) is 0. The van der Waals surface area contributed by atoms with Gasteiger partial charge in [0.05, 0.1) is 11.6 Å². The van der Waals surface area contributed by atoms with E-state index in [9.17, 15) is 14.0 Å². The van der Waals surface area contributed by atoms with Gasteiger partial charge in [0.2, 0.25) is 5.91 Å². The Labute approximate surface area is 127 Å². The predicted octanol–water partition coefficient (Wildman–Crippen LogP) is 1.12. The Morgan fingerprint density at radius 2 is 2.36 bits per heavy atom. The quantitative estimate of drug-likeness (QED) is 0.858. The standard InChI is InChI=1S/C15H17FN4O2/c1-10-14(21)18-5-2-6-20(10)15(22)19-9-12-7-11(8-17)3-4-13(12)16/h3-4,7,10H,2,5-6,9H2,1H3,(H,18,21)(H,19,22). The van der Waals surface area contributed by atoms with Gasteiger partial charge < -0.3 is 15.5 Å². The maximum absolute atomic E-state index is 13.7. The van der Waals surface area contributed by atoms with Crippen LogP contribution in [0.4, 0.5) is 9.18 Å². The number of nitrogens with zero attached hydrogens (tertiary/aromatic N) is 2. The van der Waals surface area contributed by atoms with Crippen LogP contribution in [0.3, 0.4) is 0 Å². The Hall–Kier alpha value is -2.62. The molecule has 1 aliphatic rings. The van der Waals surface area contributed by atoms with Crippen molar-refractivity contribution in [3.63, 3.8) is 0 Å². The van der Waals surface area contributed by atoms with Crippen molar-refractivity contribution >= 4 is 11.9 Å². The van der Waals surface area contributed by atoms with Crippen LogP contribution in [0.25, 0.3) is 0 Å². The van der Waals surface area contributed by atoms with Crippen LogP contribution in [0.1, 0.15) is 24.5 Å². The molecule has 1 atom stereocenters. The molecule has 7 heteroatoms. The zero-order chi connectivity index (χ0) is 16.1. The zero-order valence-corrected chi connectivity index (χ0v) is 12.2. The van der Waals surface area contributed by atoms with E-state index in [1.165, 1.54) is 23.1 Å². The highest BCUT2D eigenvalue weighted by Crippen LogP contribution is 2.11. The summed E-state index contributed by atoms with van der Waals surface area (Å²) in [5.74, 6) is -0.689. The van der Waals surface area contributed by atoms with Gasteiger partial charge in [-0.05, 0) is 31.5 Å². The maximum Gasteiger partial charge on any atom is 0.318 e. The highest BCUT2D eigenvalue weighted by Gasteiger charge is 2.27. The summed E-state index contributed by atoms with van der Waals surface area (Å²) in [6.45, 7) is 2.60. The summed E-state index contributed by atoms with van der Waals surface area (Å²) in [4.78, 5) is 25.3. The van der Waals surface area contributed by atoms with Crippen molar-refractivity contribution in [2.45, 2.75) is 25.9 Å². The monoisotopic (exact) mass is 304 g/mol. The van der Waals surface area contributed by atoms with E-state index in [1.54, 1.807) is 6.92 Å². The molecule has 3 amide bonds. The van der Waals surface area contributed by atoms with E-state index in [2.05, 4.69) is 10.6 Å². The molecule has 1 unspecified atom stereocenters. The van der Waals surface area contributed by atoms with Crippen molar-refractivity contribution in [3.8, 4) is 6.07 Å². The lowest BCUT2D eigenvalue weighted by atomic mass is 10.1. The van der Waals surface area contributed by atoms with Gasteiger partial charge in [-0.25, -0.2) is 9.18 Å². The van der Waals surface area contributed by atoms with Gasteiger partial charge in [-0.2, -0.15) is 5.26 Å². The molecule has 116 valence electrons. The molecule has 1 aromatic rings. The van der Waals surface area contributed by atoms with Crippen molar-refractivity contribution in [1.29, 1.82) is 5.26 Å². The summed E-state index contributed by atoms with van der Waals surface area (Å²) in [6, 6.07) is 4.90. The van der Waals surface area contributed by atoms with Crippen molar-refractivity contribution in [3.05, 3.63) is 35.1 Å². The molecule has 1 heterocycles. The molecule has 1 aromatic carbocycles. The number of carbonyl (C=O) groups excluding carboxylic acids is 2. The van der Waals surface area contributed by atoms with Gasteiger partial charge in [0.25, 0.3) is 0 Å². The number of nitrogens with one attached hydrogen (secondary N) is 2. The summed E-state index contributed by atoms with van der Waals surface area (Å²) >= 11 is 0. The molecular formula is C15H17FN4O2. The molecule has 0 spiro atoms. The molecule has 22 heavy (non-hydrogen) atoms. The molecular weight excluding hydrogens is 287 g/mol. The minimum Gasteiger partial charge on any atom is -0.354 e. The first kappa shape index (κ1) is 15.8. The van der Waals surface area contributed by atoms with E-state index in [0.717, 1.165) is 0 Å². The Kier molecular flexibility index (Phi) is 4.94. The van der Waals surface area contributed by atoms with Crippen LogP contribution < -0.4 is 10.6 Å². The minimum atomic E-state index is -0.571. The van der Waals surface area contributed by atoms with E-state index < -0.39 is 17.9 Å². The number of hydrogen-bond acceptors (Lipinski definition) is 3. The molecule has 1 aliphatic heterocycles. The summed E-state index contributed by atoms with van der Waals surface area (Å²) in [5, 5.41) is 14.1. The highest BCUT2D eigenvalue weighted by atomic mass is 19.1. The minimum absolute atomic E-state index is 0.0367. The lowest BCUT2D eigenvalue weighted by Gasteiger charge is -2.25. The Morgan fingerprint density at radius 3 is 3.09 bits per heavy atom. The van der Waals surface area contributed by atoms with E-state index >= 15 is 0 Å². The van der Waals surface area contributed by atoms with Gasteiger partial charge >= 0.3 is 6.03 Å². The van der Waals surface area contributed by atoms with Crippen LogP contribution in [0.5, 0.6) is 0 Å². The van der Waals surface area contributed by atoms with Crippen LogP contribution in [0.2, 0.25) is 0 Å². The number of rotatable bonds is 2. The molecule has 0 radical (unpaired) electrons. The van der Waals surface area contributed by atoms with Crippen LogP contribution in [0, 0.1) is 17.1 Å². The first-order valence-electron chi connectivity index (χ1n) is 7.03. The third-order valence-corrected chi connectivity index (χ3v) is 3.59. The Bertz CT molecular complexity index is 626. The van der Waals surface area contributed by atoms with Crippen molar-refractivity contribution < 1.29 is 14.0 Å². The topological polar surface area (TPSA) is 85.2 Å². The number of hydrogen-bond donors (Lipinski definition) is 2. The van der Waals surface area contributed by atoms with E-state index in [-0.39, 0.29) is 18.0 Å². The lowest BCUT2D eigenvalue weighted by molar-refractivity contribution is -0.124. The summed E-state index contributed by atoms with van der Waals surface area (Å²) < 4.78 is 13.7. The van der Waals surface area contributed by atoms with Gasteiger partial charge in [-0.15, -0.1) is 0 Å². The molecule has 6 nitrogen and oxygen atoms in total. The largest absolute Gasteiger partial charge is 0.354 e. The zero-order valence-electron chi connectivity index (χ0n) is 12.2. The van der Waals surface area contributed by atoms with Gasteiger partial charge in [0, 0.05) is 25.2 Å². The third-order valence-electron chi connectivity index (χ3n) is 3.59. The fourth-order valence-electron chi connectivity index (χ4n) is 2.27. The molecule has 0 bridgehead atoms. The molecule has 0 aliphatic carbocycles. The predicted molar refractivity (Wildman–Crippen MR) is 77.1 cm³/mol. The van der Waals surface area contributed by atoms with Crippen molar-refractivity contribution in [2.24, 2.45) is 0 Å². The van der Waals surface area contributed by atoms with Crippen LogP contribution in [-0.4, -0.2) is 36.0 Å². The third kappa shape index (κ3) is 3.52.